The Bertz CT molecular complexity index is 682. The quantitative estimate of drug-likeness (QED) is 0.681. The van der Waals surface area contributed by atoms with Gasteiger partial charge in [-0.3, -0.25) is 0 Å². The summed E-state index contributed by atoms with van der Waals surface area (Å²) in [5.41, 5.74) is 10.8. The van der Waals surface area contributed by atoms with Crippen LogP contribution >= 0.6 is 24.0 Å². The fourth-order valence-corrected chi connectivity index (χ4v) is 3.86. The van der Waals surface area contributed by atoms with Crippen molar-refractivity contribution in [2.24, 2.45) is 5.73 Å². The number of nitrogens with two attached hydrogens (primary N) is 1. The number of para-hydroxylation sites is 1. The first-order valence-electron chi connectivity index (χ1n) is 7.04. The van der Waals surface area contributed by atoms with Crippen LogP contribution in [0.1, 0.15) is 17.5 Å². The summed E-state index contributed by atoms with van der Waals surface area (Å²) in [6.45, 7) is 1.00. The second-order valence-electron chi connectivity index (χ2n) is 5.10. The lowest BCUT2D eigenvalue weighted by Crippen LogP contribution is -2.27. The average Bonchev–Trinajstić information content (AvgIpc) is 2.53. The predicted octanol–water partition coefficient (Wildman–Crippen LogP) is 4.13. The molecule has 0 aromatic heterocycles. The zero-order chi connectivity index (χ0) is 14.8. The van der Waals surface area contributed by atoms with E-state index in [1.54, 1.807) is 11.8 Å². The van der Waals surface area contributed by atoms with Gasteiger partial charge in [-0.15, -0.1) is 11.8 Å². The zero-order valence-corrected chi connectivity index (χ0v) is 13.6. The summed E-state index contributed by atoms with van der Waals surface area (Å²) in [6.07, 6.45) is 4.35. The molecular weight excluding hydrogens is 296 g/mol. The highest BCUT2D eigenvalue weighted by molar-refractivity contribution is 7.98. The van der Waals surface area contributed by atoms with Crippen molar-refractivity contribution in [3.05, 3.63) is 53.6 Å². The number of hydrogen-bond donors (Lipinski definition) is 1. The number of nitrogens with zero attached hydrogens (tertiary/aromatic N) is 1. The molecule has 21 heavy (non-hydrogen) atoms. The third kappa shape index (κ3) is 2.65. The Morgan fingerprint density at radius 2 is 1.90 bits per heavy atom. The molecular formula is C17H18N2S2. The molecule has 0 radical (unpaired) electrons. The van der Waals surface area contributed by atoms with E-state index >= 15 is 0 Å². The van der Waals surface area contributed by atoms with Gasteiger partial charge in [-0.25, -0.2) is 0 Å². The van der Waals surface area contributed by atoms with Crippen molar-refractivity contribution < 1.29 is 0 Å². The number of fused-ring (bicyclic) bond motifs is 1. The maximum absolute atomic E-state index is 6.01. The first-order chi connectivity index (χ1) is 10.2. The predicted molar refractivity (Wildman–Crippen MR) is 95.9 cm³/mol. The molecule has 2 aromatic carbocycles. The number of rotatable bonds is 3. The number of thiocarbonyl (C=S) groups is 1. The number of anilines is 2. The highest BCUT2D eigenvalue weighted by atomic mass is 32.2. The van der Waals surface area contributed by atoms with Crippen molar-refractivity contribution in [3.8, 4) is 0 Å². The molecule has 2 aromatic rings. The van der Waals surface area contributed by atoms with E-state index in [2.05, 4.69) is 53.6 Å². The molecule has 0 fully saturated rings. The van der Waals surface area contributed by atoms with Crippen molar-refractivity contribution in [1.29, 1.82) is 0 Å². The fraction of sp³-hybridized carbons (Fsp3) is 0.235. The number of benzene rings is 2. The zero-order valence-electron chi connectivity index (χ0n) is 12.0. The molecule has 2 N–H and O–H groups in total. The van der Waals surface area contributed by atoms with Crippen LogP contribution in [0.4, 0.5) is 11.4 Å². The molecule has 4 heteroatoms. The normalized spacial score (nSPS) is 13.9. The monoisotopic (exact) mass is 314 g/mol. The van der Waals surface area contributed by atoms with E-state index in [4.69, 9.17) is 18.0 Å². The first kappa shape index (κ1) is 14.4. The second-order valence-corrected chi connectivity index (χ2v) is 6.39. The Labute approximate surface area is 135 Å². The van der Waals surface area contributed by atoms with Crippen LogP contribution < -0.4 is 10.6 Å². The van der Waals surface area contributed by atoms with Gasteiger partial charge in [0.2, 0.25) is 0 Å². The van der Waals surface area contributed by atoms with Crippen molar-refractivity contribution in [3.63, 3.8) is 0 Å². The molecule has 0 bridgehead atoms. The molecule has 0 unspecified atom stereocenters. The summed E-state index contributed by atoms with van der Waals surface area (Å²) in [4.78, 5) is 3.97. The van der Waals surface area contributed by atoms with Gasteiger partial charge in [0.25, 0.3) is 0 Å². The van der Waals surface area contributed by atoms with Crippen molar-refractivity contribution in [2.45, 2.75) is 17.7 Å². The Morgan fingerprint density at radius 3 is 2.67 bits per heavy atom. The molecule has 0 saturated heterocycles. The van der Waals surface area contributed by atoms with E-state index in [1.807, 2.05) is 0 Å². The lowest BCUT2D eigenvalue weighted by atomic mass is 10.00. The minimum Gasteiger partial charge on any atom is -0.389 e. The van der Waals surface area contributed by atoms with Gasteiger partial charge in [0.1, 0.15) is 4.99 Å². The van der Waals surface area contributed by atoms with E-state index in [1.165, 1.54) is 11.3 Å². The first-order valence-corrected chi connectivity index (χ1v) is 8.68. The number of hydrogen-bond acceptors (Lipinski definition) is 3. The van der Waals surface area contributed by atoms with Crippen LogP contribution in [-0.2, 0) is 6.42 Å². The Balaban J connectivity index is 2.16. The molecule has 1 aliphatic heterocycles. The van der Waals surface area contributed by atoms with E-state index in [0.29, 0.717) is 4.99 Å². The standard InChI is InChI=1S/C17H18N2S2/c1-21-15-10-4-9-14(16(15)17(18)20)19-11-5-7-12-6-2-3-8-13(12)19/h2-4,6,8-10H,5,7,11H2,1H3,(H2,18,20). The molecule has 2 nitrogen and oxygen atoms in total. The van der Waals surface area contributed by atoms with Crippen LogP contribution in [0.5, 0.6) is 0 Å². The van der Waals surface area contributed by atoms with Gasteiger partial charge < -0.3 is 10.6 Å². The van der Waals surface area contributed by atoms with Crippen molar-refractivity contribution in [2.75, 3.05) is 17.7 Å². The minimum atomic E-state index is 0.470. The largest absolute Gasteiger partial charge is 0.389 e. The second kappa shape index (κ2) is 6.08. The maximum Gasteiger partial charge on any atom is 0.107 e. The lowest BCUT2D eigenvalue weighted by molar-refractivity contribution is 0.766. The molecule has 0 spiro atoms. The molecule has 1 aliphatic rings. The van der Waals surface area contributed by atoms with Gasteiger partial charge in [0.05, 0.1) is 5.69 Å². The molecule has 0 aliphatic carbocycles. The van der Waals surface area contributed by atoms with Crippen LogP contribution in [0.3, 0.4) is 0 Å². The summed E-state index contributed by atoms with van der Waals surface area (Å²) in [5.74, 6) is 0. The minimum absolute atomic E-state index is 0.470. The summed E-state index contributed by atoms with van der Waals surface area (Å²) >= 11 is 7.00. The van der Waals surface area contributed by atoms with Gasteiger partial charge >= 0.3 is 0 Å². The highest BCUT2D eigenvalue weighted by Crippen LogP contribution is 2.37. The molecule has 0 atom stereocenters. The smallest absolute Gasteiger partial charge is 0.107 e. The molecule has 1 heterocycles. The van der Waals surface area contributed by atoms with Crippen LogP contribution in [-0.4, -0.2) is 17.8 Å². The van der Waals surface area contributed by atoms with Gasteiger partial charge in [-0.2, -0.15) is 0 Å². The summed E-state index contributed by atoms with van der Waals surface area (Å²) in [7, 11) is 0. The van der Waals surface area contributed by atoms with E-state index in [0.717, 1.165) is 35.5 Å². The van der Waals surface area contributed by atoms with E-state index < -0.39 is 0 Å². The van der Waals surface area contributed by atoms with Gasteiger partial charge in [-0.05, 0) is 42.9 Å². The van der Waals surface area contributed by atoms with E-state index in [9.17, 15) is 0 Å². The lowest BCUT2D eigenvalue weighted by Gasteiger charge is -2.33. The van der Waals surface area contributed by atoms with Gasteiger partial charge in [0, 0.05) is 22.7 Å². The van der Waals surface area contributed by atoms with Crippen LogP contribution in [0.25, 0.3) is 0 Å². The summed E-state index contributed by atoms with van der Waals surface area (Å²) < 4.78 is 0. The third-order valence-corrected chi connectivity index (χ3v) is 4.86. The van der Waals surface area contributed by atoms with Crippen LogP contribution in [0.2, 0.25) is 0 Å². The van der Waals surface area contributed by atoms with E-state index in [-0.39, 0.29) is 0 Å². The topological polar surface area (TPSA) is 29.3 Å². The Kier molecular flexibility index (Phi) is 4.17. The third-order valence-electron chi connectivity index (χ3n) is 3.87. The van der Waals surface area contributed by atoms with Crippen LogP contribution in [0, 0.1) is 0 Å². The van der Waals surface area contributed by atoms with Gasteiger partial charge in [0.15, 0.2) is 0 Å². The van der Waals surface area contributed by atoms with Crippen LogP contribution in [0.15, 0.2) is 47.4 Å². The van der Waals surface area contributed by atoms with Crippen molar-refractivity contribution >= 4 is 40.3 Å². The Hall–Kier alpha value is -1.52. The molecule has 3 rings (SSSR count). The average molecular weight is 314 g/mol. The molecule has 0 amide bonds. The number of aryl methyl sites for hydroxylation is 1. The summed E-state index contributed by atoms with van der Waals surface area (Å²) in [5, 5.41) is 0. The molecule has 0 saturated carbocycles. The Morgan fingerprint density at radius 1 is 1.14 bits per heavy atom. The SMILES string of the molecule is CSc1cccc(N2CCCc3ccccc32)c1C(N)=S. The fourth-order valence-electron chi connectivity index (χ4n) is 2.95. The number of thioether (sulfide) groups is 1. The van der Waals surface area contributed by atoms with Crippen molar-refractivity contribution in [1.82, 2.24) is 0 Å². The van der Waals surface area contributed by atoms with Gasteiger partial charge in [-0.1, -0.05) is 36.5 Å². The molecule has 108 valence electrons. The summed E-state index contributed by atoms with van der Waals surface area (Å²) in [6, 6.07) is 14.9. The maximum atomic E-state index is 6.01. The highest BCUT2D eigenvalue weighted by Gasteiger charge is 2.22.